The minimum atomic E-state index is 0.312. The number of nitrogens with two attached hydrogens (primary N) is 1. The molecule has 3 N–H and O–H groups in total. The molecule has 0 aromatic heterocycles. The molecule has 20 heavy (non-hydrogen) atoms. The molecule has 0 unspecified atom stereocenters. The molecule has 5 fully saturated rings. The van der Waals surface area contributed by atoms with Gasteiger partial charge in [-0.1, -0.05) is 0 Å². The highest BCUT2D eigenvalue weighted by Gasteiger charge is 2.51. The van der Waals surface area contributed by atoms with Gasteiger partial charge in [0.15, 0.2) is 0 Å². The SMILES string of the molecule is NC1CC(CNC(=O)CC23CC4CC(CC(C4)C2)C3)C1. The highest BCUT2D eigenvalue weighted by Crippen LogP contribution is 2.61. The van der Waals surface area contributed by atoms with E-state index < -0.39 is 0 Å². The second-order valence-corrected chi connectivity index (χ2v) is 8.50. The van der Waals surface area contributed by atoms with Gasteiger partial charge in [0.2, 0.25) is 5.91 Å². The molecule has 3 heteroatoms. The number of carbonyl (C=O) groups is 1. The van der Waals surface area contributed by atoms with E-state index in [-0.39, 0.29) is 0 Å². The first-order valence-corrected chi connectivity index (χ1v) is 8.62. The summed E-state index contributed by atoms with van der Waals surface area (Å²) in [6.45, 7) is 0.860. The maximum Gasteiger partial charge on any atom is 0.220 e. The Kier molecular flexibility index (Phi) is 3.10. The molecule has 0 heterocycles. The van der Waals surface area contributed by atoms with E-state index in [2.05, 4.69) is 5.32 Å². The monoisotopic (exact) mass is 276 g/mol. The summed E-state index contributed by atoms with van der Waals surface area (Å²) in [6, 6.07) is 0.389. The molecule has 5 rings (SSSR count). The van der Waals surface area contributed by atoms with E-state index in [0.717, 1.165) is 43.6 Å². The highest BCUT2D eigenvalue weighted by atomic mass is 16.1. The van der Waals surface area contributed by atoms with Crippen LogP contribution in [0.3, 0.4) is 0 Å². The van der Waals surface area contributed by atoms with E-state index in [1.807, 2.05) is 0 Å². The van der Waals surface area contributed by atoms with Crippen LogP contribution < -0.4 is 11.1 Å². The van der Waals surface area contributed by atoms with Gasteiger partial charge in [0, 0.05) is 19.0 Å². The quantitative estimate of drug-likeness (QED) is 0.828. The summed E-state index contributed by atoms with van der Waals surface area (Å²) in [6.07, 6.45) is 11.4. The molecular formula is C17H28N2O. The minimum absolute atomic E-state index is 0.312. The Morgan fingerprint density at radius 1 is 1.00 bits per heavy atom. The number of rotatable bonds is 4. The van der Waals surface area contributed by atoms with Gasteiger partial charge in [-0.25, -0.2) is 0 Å². The van der Waals surface area contributed by atoms with Crippen LogP contribution in [0.1, 0.15) is 57.8 Å². The molecule has 1 amide bonds. The van der Waals surface area contributed by atoms with Gasteiger partial charge in [-0.05, 0) is 80.5 Å². The Balaban J connectivity index is 1.31. The van der Waals surface area contributed by atoms with Crippen molar-refractivity contribution in [2.75, 3.05) is 6.54 Å². The van der Waals surface area contributed by atoms with Gasteiger partial charge in [0.1, 0.15) is 0 Å². The zero-order chi connectivity index (χ0) is 13.7. The summed E-state index contributed by atoms with van der Waals surface area (Å²) in [7, 11) is 0. The lowest BCUT2D eigenvalue weighted by molar-refractivity contribution is -0.129. The van der Waals surface area contributed by atoms with Crippen LogP contribution >= 0.6 is 0 Å². The van der Waals surface area contributed by atoms with Crippen molar-refractivity contribution in [3.8, 4) is 0 Å². The lowest BCUT2D eigenvalue weighted by Crippen LogP contribution is -2.49. The fourth-order valence-corrected chi connectivity index (χ4v) is 6.12. The topological polar surface area (TPSA) is 55.1 Å². The molecule has 5 saturated carbocycles. The number of amides is 1. The van der Waals surface area contributed by atoms with E-state index in [0.29, 0.717) is 23.3 Å². The Morgan fingerprint density at radius 2 is 1.55 bits per heavy atom. The molecule has 0 saturated heterocycles. The zero-order valence-electron chi connectivity index (χ0n) is 12.4. The Bertz CT molecular complexity index is 365. The van der Waals surface area contributed by atoms with Crippen molar-refractivity contribution in [1.29, 1.82) is 0 Å². The second kappa shape index (κ2) is 4.72. The van der Waals surface area contributed by atoms with Crippen molar-refractivity contribution in [1.82, 2.24) is 5.32 Å². The third-order valence-corrected chi connectivity index (χ3v) is 6.56. The molecule has 4 bridgehead atoms. The van der Waals surface area contributed by atoms with Gasteiger partial charge in [0.25, 0.3) is 0 Å². The maximum atomic E-state index is 12.3. The molecule has 112 valence electrons. The van der Waals surface area contributed by atoms with Crippen LogP contribution in [-0.4, -0.2) is 18.5 Å². The lowest BCUT2D eigenvalue weighted by Gasteiger charge is -2.56. The molecule has 3 nitrogen and oxygen atoms in total. The van der Waals surface area contributed by atoms with Gasteiger partial charge in [-0.3, -0.25) is 4.79 Å². The molecule has 0 atom stereocenters. The smallest absolute Gasteiger partial charge is 0.220 e. The zero-order valence-corrected chi connectivity index (χ0v) is 12.4. The van der Waals surface area contributed by atoms with E-state index in [1.54, 1.807) is 0 Å². The van der Waals surface area contributed by atoms with Crippen LogP contribution in [0.25, 0.3) is 0 Å². The van der Waals surface area contributed by atoms with Gasteiger partial charge in [-0.2, -0.15) is 0 Å². The van der Waals surface area contributed by atoms with E-state index in [1.165, 1.54) is 38.5 Å². The summed E-state index contributed by atoms with van der Waals surface area (Å²) in [5, 5.41) is 3.19. The average Bonchev–Trinajstić information content (AvgIpc) is 2.30. The van der Waals surface area contributed by atoms with Gasteiger partial charge >= 0.3 is 0 Å². The van der Waals surface area contributed by atoms with Crippen molar-refractivity contribution < 1.29 is 4.79 Å². The average molecular weight is 276 g/mol. The van der Waals surface area contributed by atoms with Crippen molar-refractivity contribution >= 4 is 5.91 Å². The first-order chi connectivity index (χ1) is 9.60. The largest absolute Gasteiger partial charge is 0.356 e. The molecular weight excluding hydrogens is 248 g/mol. The number of hydrogen-bond donors (Lipinski definition) is 2. The molecule has 0 radical (unpaired) electrons. The second-order valence-electron chi connectivity index (χ2n) is 8.50. The predicted molar refractivity (Wildman–Crippen MR) is 78.9 cm³/mol. The van der Waals surface area contributed by atoms with E-state index in [4.69, 9.17) is 5.73 Å². The van der Waals surface area contributed by atoms with Crippen LogP contribution in [0.15, 0.2) is 0 Å². The van der Waals surface area contributed by atoms with Gasteiger partial charge in [-0.15, -0.1) is 0 Å². The molecule has 0 aromatic rings. The summed E-state index contributed by atoms with van der Waals surface area (Å²) in [5.74, 6) is 3.79. The van der Waals surface area contributed by atoms with Crippen LogP contribution in [0.4, 0.5) is 0 Å². The van der Waals surface area contributed by atoms with Crippen LogP contribution in [0, 0.1) is 29.1 Å². The summed E-state index contributed by atoms with van der Waals surface area (Å²) in [5.41, 5.74) is 6.18. The van der Waals surface area contributed by atoms with Gasteiger partial charge in [0.05, 0.1) is 0 Å². The van der Waals surface area contributed by atoms with Crippen molar-refractivity contribution in [3.05, 3.63) is 0 Å². The fourth-order valence-electron chi connectivity index (χ4n) is 6.12. The van der Waals surface area contributed by atoms with Crippen molar-refractivity contribution in [2.24, 2.45) is 34.8 Å². The molecule has 0 spiro atoms. The van der Waals surface area contributed by atoms with Crippen molar-refractivity contribution in [3.63, 3.8) is 0 Å². The molecule has 0 aromatic carbocycles. The summed E-state index contributed by atoms with van der Waals surface area (Å²) >= 11 is 0. The Morgan fingerprint density at radius 3 is 2.05 bits per heavy atom. The predicted octanol–water partition coefficient (Wildman–Crippen LogP) is 2.45. The van der Waals surface area contributed by atoms with E-state index >= 15 is 0 Å². The number of nitrogens with one attached hydrogen (secondary N) is 1. The maximum absolute atomic E-state index is 12.3. The first kappa shape index (κ1) is 13.1. The first-order valence-electron chi connectivity index (χ1n) is 8.62. The normalized spacial score (nSPS) is 49.0. The third-order valence-electron chi connectivity index (χ3n) is 6.56. The van der Waals surface area contributed by atoms with Crippen LogP contribution in [0.5, 0.6) is 0 Å². The Hall–Kier alpha value is -0.570. The van der Waals surface area contributed by atoms with E-state index in [9.17, 15) is 4.79 Å². The van der Waals surface area contributed by atoms with Crippen LogP contribution in [0.2, 0.25) is 0 Å². The number of hydrogen-bond acceptors (Lipinski definition) is 2. The Labute approximate surface area is 122 Å². The highest BCUT2D eigenvalue weighted by molar-refractivity contribution is 5.76. The fraction of sp³-hybridized carbons (Fsp3) is 0.941. The molecule has 5 aliphatic rings. The minimum Gasteiger partial charge on any atom is -0.356 e. The summed E-state index contributed by atoms with van der Waals surface area (Å²) < 4.78 is 0. The number of carbonyl (C=O) groups excluding carboxylic acids is 1. The summed E-state index contributed by atoms with van der Waals surface area (Å²) in [4.78, 5) is 12.3. The standard InChI is InChI=1S/C17H28N2O/c18-15-4-14(5-15)10-19-16(20)9-17-6-11-1-12(7-17)3-13(2-11)8-17/h11-15H,1-10,18H2,(H,19,20). The lowest BCUT2D eigenvalue weighted by atomic mass is 9.49. The third kappa shape index (κ3) is 2.38. The van der Waals surface area contributed by atoms with Gasteiger partial charge < -0.3 is 11.1 Å². The van der Waals surface area contributed by atoms with Crippen LogP contribution in [-0.2, 0) is 4.79 Å². The molecule has 5 aliphatic carbocycles. The molecule has 0 aliphatic heterocycles. The van der Waals surface area contributed by atoms with Crippen molar-refractivity contribution in [2.45, 2.75) is 63.8 Å².